The average Bonchev–Trinajstić information content (AvgIpc) is 2.77. The summed E-state index contributed by atoms with van der Waals surface area (Å²) in [4.78, 5) is 16.0. The van der Waals surface area contributed by atoms with Crippen molar-refractivity contribution in [2.24, 2.45) is 0 Å². The third kappa shape index (κ3) is 3.62. The first-order valence-corrected chi connectivity index (χ1v) is 5.89. The van der Waals surface area contributed by atoms with Crippen LogP contribution in [0.1, 0.15) is 5.82 Å². The van der Waals surface area contributed by atoms with Crippen molar-refractivity contribution in [1.29, 1.82) is 0 Å². The van der Waals surface area contributed by atoms with Gasteiger partial charge in [0.1, 0.15) is 18.2 Å². The molecular formula is C13H15FN4O. The van der Waals surface area contributed by atoms with Crippen molar-refractivity contribution >= 4 is 11.6 Å². The molecule has 0 saturated carbocycles. The third-order valence-corrected chi connectivity index (χ3v) is 2.56. The molecule has 5 nitrogen and oxygen atoms in total. The van der Waals surface area contributed by atoms with Crippen molar-refractivity contribution in [3.63, 3.8) is 0 Å². The molecule has 6 heteroatoms. The zero-order valence-corrected chi connectivity index (χ0v) is 10.6. The molecule has 0 aliphatic carbocycles. The van der Waals surface area contributed by atoms with Gasteiger partial charge in [0.2, 0.25) is 5.91 Å². The summed E-state index contributed by atoms with van der Waals surface area (Å²) in [6.07, 6.45) is 3.37. The van der Waals surface area contributed by atoms with Gasteiger partial charge in [0.25, 0.3) is 0 Å². The van der Waals surface area contributed by atoms with Crippen LogP contribution in [-0.4, -0.2) is 22.5 Å². The molecule has 0 bridgehead atoms. The zero-order valence-electron chi connectivity index (χ0n) is 10.6. The number of hydrogen-bond acceptors (Lipinski definition) is 3. The van der Waals surface area contributed by atoms with Gasteiger partial charge in [-0.1, -0.05) is 6.07 Å². The topological polar surface area (TPSA) is 59.0 Å². The number of amides is 1. The van der Waals surface area contributed by atoms with E-state index in [2.05, 4.69) is 15.6 Å². The van der Waals surface area contributed by atoms with Crippen LogP contribution in [0.4, 0.5) is 10.1 Å². The number of carbonyl (C=O) groups is 1. The lowest BCUT2D eigenvalue weighted by Gasteiger charge is -2.08. The number of rotatable bonds is 5. The molecule has 0 saturated heterocycles. The summed E-state index contributed by atoms with van der Waals surface area (Å²) >= 11 is 0. The Morgan fingerprint density at radius 1 is 1.47 bits per heavy atom. The quantitative estimate of drug-likeness (QED) is 0.856. The Kier molecular flexibility index (Phi) is 4.25. The predicted molar refractivity (Wildman–Crippen MR) is 70.0 cm³/mol. The summed E-state index contributed by atoms with van der Waals surface area (Å²) in [6.45, 7) is 0.730. The van der Waals surface area contributed by atoms with Gasteiger partial charge < -0.3 is 15.2 Å². The highest BCUT2D eigenvalue weighted by atomic mass is 19.1. The minimum atomic E-state index is -0.378. The molecule has 1 aromatic heterocycles. The highest BCUT2D eigenvalue weighted by Gasteiger charge is 2.07. The van der Waals surface area contributed by atoms with Crippen molar-refractivity contribution in [2.75, 3.05) is 12.4 Å². The van der Waals surface area contributed by atoms with E-state index in [0.717, 1.165) is 5.82 Å². The van der Waals surface area contributed by atoms with Crippen molar-refractivity contribution in [2.45, 2.75) is 13.1 Å². The van der Waals surface area contributed by atoms with Gasteiger partial charge >= 0.3 is 0 Å². The monoisotopic (exact) mass is 262 g/mol. The molecular weight excluding hydrogens is 247 g/mol. The molecule has 0 aliphatic rings. The van der Waals surface area contributed by atoms with E-state index in [1.165, 1.54) is 12.1 Å². The van der Waals surface area contributed by atoms with E-state index in [-0.39, 0.29) is 18.3 Å². The second kappa shape index (κ2) is 6.10. The molecule has 0 spiro atoms. The Balaban J connectivity index is 1.99. The minimum absolute atomic E-state index is 0.146. The molecule has 100 valence electrons. The summed E-state index contributed by atoms with van der Waals surface area (Å²) in [5, 5.41) is 5.62. The van der Waals surface area contributed by atoms with Gasteiger partial charge in [-0.3, -0.25) is 4.79 Å². The molecule has 0 radical (unpaired) electrons. The molecule has 19 heavy (non-hydrogen) atoms. The second-order valence-electron chi connectivity index (χ2n) is 4.06. The van der Waals surface area contributed by atoms with Crippen molar-refractivity contribution in [3.8, 4) is 0 Å². The number of anilines is 1. The van der Waals surface area contributed by atoms with E-state index in [1.807, 2.05) is 7.05 Å². The summed E-state index contributed by atoms with van der Waals surface area (Å²) < 4.78 is 14.7. The lowest BCUT2D eigenvalue weighted by molar-refractivity contribution is -0.116. The van der Waals surface area contributed by atoms with Crippen LogP contribution in [0.2, 0.25) is 0 Å². The maximum absolute atomic E-state index is 13.0. The van der Waals surface area contributed by atoms with Crippen LogP contribution < -0.4 is 10.6 Å². The normalized spacial score (nSPS) is 10.4. The number of nitrogens with zero attached hydrogens (tertiary/aromatic N) is 2. The van der Waals surface area contributed by atoms with E-state index in [0.29, 0.717) is 12.2 Å². The highest BCUT2D eigenvalue weighted by molar-refractivity contribution is 5.90. The van der Waals surface area contributed by atoms with Crippen LogP contribution in [0.5, 0.6) is 0 Å². The third-order valence-electron chi connectivity index (χ3n) is 2.56. The number of imidazole rings is 1. The first-order chi connectivity index (χ1) is 9.19. The van der Waals surface area contributed by atoms with Crippen LogP contribution in [0, 0.1) is 5.82 Å². The fourth-order valence-corrected chi connectivity index (χ4v) is 1.73. The summed E-state index contributed by atoms with van der Waals surface area (Å²) in [5.74, 6) is 0.175. The van der Waals surface area contributed by atoms with Gasteiger partial charge in [-0.2, -0.15) is 0 Å². The molecule has 0 unspecified atom stereocenters. The van der Waals surface area contributed by atoms with Gasteiger partial charge in [0.15, 0.2) is 0 Å². The van der Waals surface area contributed by atoms with Gasteiger partial charge in [-0.05, 0) is 25.2 Å². The number of aromatic nitrogens is 2. The Hall–Kier alpha value is -2.21. The summed E-state index contributed by atoms with van der Waals surface area (Å²) in [6, 6.07) is 5.80. The number of hydrogen-bond donors (Lipinski definition) is 2. The smallest absolute Gasteiger partial charge is 0.244 e. The van der Waals surface area contributed by atoms with Gasteiger partial charge in [-0.15, -0.1) is 0 Å². The van der Waals surface area contributed by atoms with Crippen LogP contribution in [0.25, 0.3) is 0 Å². The first kappa shape index (κ1) is 13.2. The fraction of sp³-hybridized carbons (Fsp3) is 0.231. The SMILES string of the molecule is CNCc1nccn1CC(=O)Nc1cccc(F)c1. The zero-order chi connectivity index (χ0) is 13.7. The molecule has 2 aromatic rings. The molecule has 0 fully saturated rings. The molecule has 2 N–H and O–H groups in total. The average molecular weight is 262 g/mol. The molecule has 0 atom stereocenters. The molecule has 1 amide bonds. The minimum Gasteiger partial charge on any atom is -0.324 e. The molecule has 1 aromatic carbocycles. The van der Waals surface area contributed by atoms with E-state index in [9.17, 15) is 9.18 Å². The lowest BCUT2D eigenvalue weighted by atomic mass is 10.3. The van der Waals surface area contributed by atoms with Crippen molar-refractivity contribution in [3.05, 3.63) is 48.3 Å². The number of halogens is 1. The van der Waals surface area contributed by atoms with E-state index in [4.69, 9.17) is 0 Å². The van der Waals surface area contributed by atoms with Gasteiger partial charge in [-0.25, -0.2) is 9.37 Å². The standard InChI is InChI=1S/C13H15FN4O/c1-15-8-12-16-5-6-18(12)9-13(19)17-11-4-2-3-10(14)7-11/h2-7,15H,8-9H2,1H3,(H,17,19). The maximum Gasteiger partial charge on any atom is 0.244 e. The van der Waals surface area contributed by atoms with Crippen LogP contribution in [-0.2, 0) is 17.9 Å². The summed E-state index contributed by atoms with van der Waals surface area (Å²) in [5.41, 5.74) is 0.445. The van der Waals surface area contributed by atoms with Crippen molar-refractivity contribution < 1.29 is 9.18 Å². The lowest BCUT2D eigenvalue weighted by Crippen LogP contribution is -2.21. The Bertz CT molecular complexity index is 567. The van der Waals surface area contributed by atoms with Crippen LogP contribution in [0.15, 0.2) is 36.7 Å². The fourth-order valence-electron chi connectivity index (χ4n) is 1.73. The Morgan fingerprint density at radius 3 is 3.05 bits per heavy atom. The van der Waals surface area contributed by atoms with Crippen molar-refractivity contribution in [1.82, 2.24) is 14.9 Å². The van der Waals surface area contributed by atoms with E-state index >= 15 is 0 Å². The predicted octanol–water partition coefficient (Wildman–Crippen LogP) is 1.38. The highest BCUT2D eigenvalue weighted by Crippen LogP contribution is 2.09. The number of benzene rings is 1. The molecule has 0 aliphatic heterocycles. The largest absolute Gasteiger partial charge is 0.324 e. The first-order valence-electron chi connectivity index (χ1n) is 5.89. The van der Waals surface area contributed by atoms with Crippen LogP contribution in [0.3, 0.4) is 0 Å². The van der Waals surface area contributed by atoms with E-state index in [1.54, 1.807) is 29.1 Å². The molecule has 1 heterocycles. The molecule has 2 rings (SSSR count). The van der Waals surface area contributed by atoms with Crippen LogP contribution >= 0.6 is 0 Å². The number of carbonyl (C=O) groups excluding carboxylic acids is 1. The maximum atomic E-state index is 13.0. The number of nitrogens with one attached hydrogen (secondary N) is 2. The van der Waals surface area contributed by atoms with Gasteiger partial charge in [0.05, 0.1) is 6.54 Å². The van der Waals surface area contributed by atoms with Gasteiger partial charge in [0, 0.05) is 18.1 Å². The Morgan fingerprint density at radius 2 is 2.32 bits per heavy atom. The van der Waals surface area contributed by atoms with E-state index < -0.39 is 0 Å². The Labute approximate surface area is 110 Å². The second-order valence-corrected chi connectivity index (χ2v) is 4.06. The summed E-state index contributed by atoms with van der Waals surface area (Å²) in [7, 11) is 1.81.